The molecular weight excluding hydrogens is 362 g/mol. The molecule has 2 aromatic carbocycles. The lowest BCUT2D eigenvalue weighted by atomic mass is 10.1. The molecule has 0 spiro atoms. The molecule has 0 radical (unpaired) electrons. The van der Waals surface area contributed by atoms with E-state index in [2.05, 4.69) is 19.9 Å². The summed E-state index contributed by atoms with van der Waals surface area (Å²) < 4.78 is 53.3. The molecule has 26 heavy (non-hydrogen) atoms. The SMILES string of the molecule is O=S(=O)(NCCc1n[nH]c(Cc2cccc(F)c2)n1)c1ccccc1F. The first-order valence-corrected chi connectivity index (χ1v) is 9.31. The Balaban J connectivity index is 1.58. The van der Waals surface area contributed by atoms with Gasteiger partial charge in [-0.3, -0.25) is 5.10 Å². The number of nitrogens with zero attached hydrogens (tertiary/aromatic N) is 2. The molecule has 3 rings (SSSR count). The van der Waals surface area contributed by atoms with Crippen molar-refractivity contribution in [3.63, 3.8) is 0 Å². The highest BCUT2D eigenvalue weighted by Crippen LogP contribution is 2.13. The van der Waals surface area contributed by atoms with E-state index in [0.717, 1.165) is 11.6 Å². The third kappa shape index (κ3) is 4.50. The highest BCUT2D eigenvalue weighted by Gasteiger charge is 2.18. The predicted octanol–water partition coefficient (Wildman–Crippen LogP) is 2.19. The zero-order valence-electron chi connectivity index (χ0n) is 13.6. The molecule has 1 heterocycles. The second kappa shape index (κ2) is 7.71. The number of aromatic amines is 1. The fourth-order valence-corrected chi connectivity index (χ4v) is 3.51. The third-order valence-electron chi connectivity index (χ3n) is 3.61. The van der Waals surface area contributed by atoms with Crippen LogP contribution in [0.5, 0.6) is 0 Å². The maximum atomic E-state index is 13.6. The van der Waals surface area contributed by atoms with Crippen molar-refractivity contribution >= 4 is 10.0 Å². The van der Waals surface area contributed by atoms with Crippen molar-refractivity contribution in [2.75, 3.05) is 6.54 Å². The van der Waals surface area contributed by atoms with Crippen LogP contribution in [0.15, 0.2) is 53.4 Å². The summed E-state index contributed by atoms with van der Waals surface area (Å²) in [4.78, 5) is 3.85. The Morgan fingerprint density at radius 1 is 1.08 bits per heavy atom. The van der Waals surface area contributed by atoms with Gasteiger partial charge in [-0.05, 0) is 29.8 Å². The summed E-state index contributed by atoms with van der Waals surface area (Å²) in [5.41, 5.74) is 0.743. The van der Waals surface area contributed by atoms with Crippen molar-refractivity contribution in [2.24, 2.45) is 0 Å². The number of aromatic nitrogens is 3. The van der Waals surface area contributed by atoms with Crippen molar-refractivity contribution in [3.8, 4) is 0 Å². The van der Waals surface area contributed by atoms with Crippen LogP contribution in [0.25, 0.3) is 0 Å². The summed E-state index contributed by atoms with van der Waals surface area (Å²) in [6.07, 6.45) is 0.610. The quantitative estimate of drug-likeness (QED) is 0.660. The van der Waals surface area contributed by atoms with E-state index >= 15 is 0 Å². The van der Waals surface area contributed by atoms with E-state index in [1.165, 1.54) is 30.3 Å². The molecule has 0 aliphatic carbocycles. The first-order valence-electron chi connectivity index (χ1n) is 7.83. The van der Waals surface area contributed by atoms with Gasteiger partial charge in [0.25, 0.3) is 0 Å². The van der Waals surface area contributed by atoms with E-state index in [1.807, 2.05) is 0 Å². The molecule has 0 atom stereocenters. The molecule has 0 unspecified atom stereocenters. The molecular formula is C17H16F2N4O2S. The summed E-state index contributed by atoms with van der Waals surface area (Å²) in [6, 6.07) is 11.3. The smallest absolute Gasteiger partial charge is 0.243 e. The number of hydrogen-bond acceptors (Lipinski definition) is 4. The second-order valence-electron chi connectivity index (χ2n) is 5.58. The van der Waals surface area contributed by atoms with Crippen LogP contribution in [0.3, 0.4) is 0 Å². The van der Waals surface area contributed by atoms with Crippen LogP contribution < -0.4 is 4.72 Å². The molecule has 2 N–H and O–H groups in total. The first-order chi connectivity index (χ1) is 12.4. The third-order valence-corrected chi connectivity index (χ3v) is 5.10. The zero-order valence-corrected chi connectivity index (χ0v) is 14.4. The van der Waals surface area contributed by atoms with Gasteiger partial charge >= 0.3 is 0 Å². The maximum absolute atomic E-state index is 13.6. The largest absolute Gasteiger partial charge is 0.263 e. The molecule has 0 aliphatic rings. The second-order valence-corrected chi connectivity index (χ2v) is 7.32. The van der Waals surface area contributed by atoms with Crippen LogP contribution in [0, 0.1) is 11.6 Å². The molecule has 0 bridgehead atoms. The van der Waals surface area contributed by atoms with E-state index in [4.69, 9.17) is 0 Å². The lowest BCUT2D eigenvalue weighted by molar-refractivity contribution is 0.556. The summed E-state index contributed by atoms with van der Waals surface area (Å²) in [5, 5.41) is 6.75. The number of hydrogen-bond donors (Lipinski definition) is 2. The average Bonchev–Trinajstić information content (AvgIpc) is 3.02. The van der Waals surface area contributed by atoms with Gasteiger partial charge in [-0.2, -0.15) is 5.10 Å². The van der Waals surface area contributed by atoms with E-state index in [0.29, 0.717) is 18.1 Å². The van der Waals surface area contributed by atoms with Crippen molar-refractivity contribution in [1.29, 1.82) is 0 Å². The van der Waals surface area contributed by atoms with Crippen molar-refractivity contribution in [2.45, 2.75) is 17.7 Å². The fourth-order valence-electron chi connectivity index (χ4n) is 2.40. The van der Waals surface area contributed by atoms with E-state index in [1.54, 1.807) is 12.1 Å². The van der Waals surface area contributed by atoms with Crippen LogP contribution in [-0.4, -0.2) is 30.1 Å². The van der Waals surface area contributed by atoms with E-state index in [-0.39, 0.29) is 18.8 Å². The monoisotopic (exact) mass is 378 g/mol. The highest BCUT2D eigenvalue weighted by atomic mass is 32.2. The predicted molar refractivity (Wildman–Crippen MR) is 90.9 cm³/mol. The summed E-state index contributed by atoms with van der Waals surface area (Å²) in [6.45, 7) is 0.0218. The van der Waals surface area contributed by atoms with Gasteiger partial charge in [0.1, 0.15) is 22.4 Å². The zero-order chi connectivity index (χ0) is 18.6. The summed E-state index contributed by atoms with van der Waals surface area (Å²) >= 11 is 0. The number of H-pyrrole nitrogens is 1. The molecule has 0 saturated carbocycles. The molecule has 6 nitrogen and oxygen atoms in total. The Bertz CT molecular complexity index is 1010. The number of benzene rings is 2. The standard InChI is InChI=1S/C17H16F2N4O2S/c18-13-5-3-4-12(10-13)11-17-21-16(22-23-17)8-9-20-26(24,25)15-7-2-1-6-14(15)19/h1-7,10,20H,8-9,11H2,(H,21,22,23). The molecule has 9 heteroatoms. The minimum atomic E-state index is -3.94. The Morgan fingerprint density at radius 2 is 1.88 bits per heavy atom. The Morgan fingerprint density at radius 3 is 2.65 bits per heavy atom. The Labute approximate surface area is 149 Å². The molecule has 1 aromatic heterocycles. The molecule has 0 saturated heterocycles. The number of rotatable bonds is 7. The summed E-state index contributed by atoms with van der Waals surface area (Å²) in [7, 11) is -3.94. The number of halogens is 2. The fraction of sp³-hybridized carbons (Fsp3) is 0.176. The summed E-state index contributed by atoms with van der Waals surface area (Å²) in [5.74, 6) is -0.185. The van der Waals surface area contributed by atoms with Gasteiger partial charge in [0.2, 0.25) is 10.0 Å². The minimum Gasteiger partial charge on any atom is -0.263 e. The topological polar surface area (TPSA) is 87.7 Å². The van der Waals surface area contributed by atoms with Crippen LogP contribution >= 0.6 is 0 Å². The van der Waals surface area contributed by atoms with Gasteiger partial charge in [0.15, 0.2) is 5.82 Å². The van der Waals surface area contributed by atoms with E-state index < -0.39 is 20.7 Å². The average molecular weight is 378 g/mol. The Hall–Kier alpha value is -2.65. The van der Waals surface area contributed by atoms with Crippen molar-refractivity contribution in [1.82, 2.24) is 19.9 Å². The molecule has 0 amide bonds. The van der Waals surface area contributed by atoms with Crippen molar-refractivity contribution in [3.05, 3.63) is 77.4 Å². The van der Waals surface area contributed by atoms with Gasteiger partial charge in [0.05, 0.1) is 0 Å². The molecule has 3 aromatic rings. The Kier molecular flexibility index (Phi) is 5.38. The van der Waals surface area contributed by atoms with Gasteiger partial charge in [-0.25, -0.2) is 26.9 Å². The number of sulfonamides is 1. The van der Waals surface area contributed by atoms with E-state index in [9.17, 15) is 17.2 Å². The van der Waals surface area contributed by atoms with Crippen LogP contribution in [0.2, 0.25) is 0 Å². The number of nitrogens with one attached hydrogen (secondary N) is 2. The minimum absolute atomic E-state index is 0.0218. The van der Waals surface area contributed by atoms with Gasteiger partial charge < -0.3 is 0 Å². The van der Waals surface area contributed by atoms with Gasteiger partial charge in [-0.1, -0.05) is 24.3 Å². The lowest BCUT2D eigenvalue weighted by Gasteiger charge is -2.06. The van der Waals surface area contributed by atoms with Crippen LogP contribution in [0.4, 0.5) is 8.78 Å². The van der Waals surface area contributed by atoms with Gasteiger partial charge in [-0.15, -0.1) is 0 Å². The highest BCUT2D eigenvalue weighted by molar-refractivity contribution is 7.89. The molecule has 136 valence electrons. The van der Waals surface area contributed by atoms with Crippen LogP contribution in [-0.2, 0) is 22.9 Å². The molecule has 0 fully saturated rings. The van der Waals surface area contributed by atoms with Gasteiger partial charge in [0, 0.05) is 19.4 Å². The normalized spacial score (nSPS) is 11.6. The molecule has 0 aliphatic heterocycles. The maximum Gasteiger partial charge on any atom is 0.243 e. The lowest BCUT2D eigenvalue weighted by Crippen LogP contribution is -2.27. The first kappa shape index (κ1) is 18.2. The van der Waals surface area contributed by atoms with Crippen molar-refractivity contribution < 1.29 is 17.2 Å². The van der Waals surface area contributed by atoms with Crippen LogP contribution in [0.1, 0.15) is 17.2 Å².